The Morgan fingerprint density at radius 3 is 2.76 bits per heavy atom. The van der Waals surface area contributed by atoms with Crippen LogP contribution in [0.15, 0.2) is 30.5 Å². The van der Waals surface area contributed by atoms with Crippen LogP contribution in [0.3, 0.4) is 0 Å². The van der Waals surface area contributed by atoms with E-state index in [0.29, 0.717) is 12.5 Å². The van der Waals surface area contributed by atoms with Gasteiger partial charge in [0.05, 0.1) is 12.3 Å². The highest BCUT2D eigenvalue weighted by Crippen LogP contribution is 2.33. The fourth-order valence-electron chi connectivity index (χ4n) is 3.67. The lowest BCUT2D eigenvalue weighted by molar-refractivity contribution is 0.104. The van der Waals surface area contributed by atoms with Crippen LogP contribution in [0.2, 0.25) is 0 Å². The Balaban J connectivity index is 1.50. The molecule has 1 aromatic heterocycles. The second-order valence-corrected chi connectivity index (χ2v) is 7.36. The van der Waals surface area contributed by atoms with Crippen molar-refractivity contribution in [1.82, 2.24) is 14.7 Å². The molecule has 2 aromatic rings. The lowest BCUT2D eigenvalue weighted by Crippen LogP contribution is -2.34. The molecule has 0 bridgehead atoms. The zero-order chi connectivity index (χ0) is 17.2. The van der Waals surface area contributed by atoms with E-state index in [2.05, 4.69) is 15.8 Å². The Bertz CT molecular complexity index is 708. The number of nitrogens with zero attached hydrogens (tertiary/aromatic N) is 3. The normalized spacial score (nSPS) is 20.6. The number of rotatable bonds is 7. The molecule has 2 heterocycles. The minimum Gasteiger partial charge on any atom is -0.381 e. The second kappa shape index (κ2) is 7.26. The fourth-order valence-corrected chi connectivity index (χ4v) is 3.67. The number of hydrogen-bond donors (Lipinski definition) is 0. The van der Waals surface area contributed by atoms with E-state index in [0.717, 1.165) is 44.3 Å². The van der Waals surface area contributed by atoms with E-state index < -0.39 is 0 Å². The molecule has 0 amide bonds. The Morgan fingerprint density at radius 1 is 1.24 bits per heavy atom. The van der Waals surface area contributed by atoms with Gasteiger partial charge in [-0.05, 0) is 43.4 Å². The molecule has 5 heteroatoms. The van der Waals surface area contributed by atoms with Crippen LogP contribution in [0.4, 0.5) is 4.39 Å². The van der Waals surface area contributed by atoms with E-state index >= 15 is 0 Å². The van der Waals surface area contributed by atoms with Crippen molar-refractivity contribution in [2.24, 2.45) is 5.92 Å². The van der Waals surface area contributed by atoms with Gasteiger partial charge in [0.15, 0.2) is 0 Å². The summed E-state index contributed by atoms with van der Waals surface area (Å²) in [6.07, 6.45) is 4.90. The van der Waals surface area contributed by atoms with Gasteiger partial charge in [-0.15, -0.1) is 0 Å². The van der Waals surface area contributed by atoms with E-state index in [1.807, 2.05) is 19.1 Å². The third-order valence-electron chi connectivity index (χ3n) is 5.11. The summed E-state index contributed by atoms with van der Waals surface area (Å²) in [4.78, 5) is 2.42. The summed E-state index contributed by atoms with van der Waals surface area (Å²) >= 11 is 0. The molecule has 1 aliphatic heterocycles. The number of hydrogen-bond acceptors (Lipinski definition) is 3. The third-order valence-corrected chi connectivity index (χ3v) is 5.11. The van der Waals surface area contributed by atoms with Crippen molar-refractivity contribution in [3.8, 4) is 0 Å². The minimum atomic E-state index is -0.180. The number of halogens is 1. The maximum atomic E-state index is 13.1. The Kier molecular flexibility index (Phi) is 4.86. The van der Waals surface area contributed by atoms with Gasteiger partial charge in [-0.1, -0.05) is 12.1 Å². The molecule has 25 heavy (non-hydrogen) atoms. The summed E-state index contributed by atoms with van der Waals surface area (Å²) in [5.74, 6) is 0.951. The molecule has 0 radical (unpaired) electrons. The molecule has 1 saturated carbocycles. The standard InChI is InChI=1S/C20H26FN3O/c1-2-25-14-18-12-23(9-15-5-7-19(21)8-6-15)11-17-13-24(22-20(17)18)10-16-3-4-16/h5-8,13,16,18H,2-4,9-12,14H2,1H3/t18-/m0/s1. The highest BCUT2D eigenvalue weighted by atomic mass is 19.1. The van der Waals surface area contributed by atoms with Gasteiger partial charge in [-0.25, -0.2) is 4.39 Å². The zero-order valence-corrected chi connectivity index (χ0v) is 14.8. The van der Waals surface area contributed by atoms with E-state index in [1.165, 1.54) is 36.2 Å². The number of benzene rings is 1. The molecular weight excluding hydrogens is 317 g/mol. The van der Waals surface area contributed by atoms with Crippen molar-refractivity contribution in [2.45, 2.75) is 45.3 Å². The Morgan fingerprint density at radius 2 is 2.04 bits per heavy atom. The maximum absolute atomic E-state index is 13.1. The van der Waals surface area contributed by atoms with Gasteiger partial charge in [0.2, 0.25) is 0 Å². The first-order valence-corrected chi connectivity index (χ1v) is 9.32. The molecule has 4 nitrogen and oxygen atoms in total. The van der Waals surface area contributed by atoms with Crippen LogP contribution in [0.25, 0.3) is 0 Å². The van der Waals surface area contributed by atoms with Crippen LogP contribution in [0.1, 0.15) is 42.5 Å². The zero-order valence-electron chi connectivity index (χ0n) is 14.8. The van der Waals surface area contributed by atoms with E-state index in [4.69, 9.17) is 9.84 Å². The summed E-state index contributed by atoms with van der Waals surface area (Å²) in [5, 5.41) is 4.88. The summed E-state index contributed by atoms with van der Waals surface area (Å²) in [7, 11) is 0. The van der Waals surface area contributed by atoms with Crippen molar-refractivity contribution < 1.29 is 9.13 Å². The van der Waals surface area contributed by atoms with Gasteiger partial charge in [0.1, 0.15) is 5.82 Å². The molecule has 134 valence electrons. The number of aromatic nitrogens is 2. The highest BCUT2D eigenvalue weighted by molar-refractivity contribution is 5.25. The van der Waals surface area contributed by atoms with Crippen LogP contribution in [-0.4, -0.2) is 34.4 Å². The SMILES string of the molecule is CCOC[C@@H]1CN(Cc2ccc(F)cc2)Cc2cn(CC3CC3)nc21. The molecule has 0 spiro atoms. The van der Waals surface area contributed by atoms with Crippen molar-refractivity contribution >= 4 is 0 Å². The van der Waals surface area contributed by atoms with Crippen LogP contribution in [0.5, 0.6) is 0 Å². The second-order valence-electron chi connectivity index (χ2n) is 7.36. The summed E-state index contributed by atoms with van der Waals surface area (Å²) in [6, 6.07) is 6.82. The number of ether oxygens (including phenoxy) is 1. The summed E-state index contributed by atoms with van der Waals surface area (Å²) in [6.45, 7) is 7.19. The molecule has 1 aromatic carbocycles. The predicted molar refractivity (Wildman–Crippen MR) is 94.7 cm³/mol. The van der Waals surface area contributed by atoms with Crippen molar-refractivity contribution in [1.29, 1.82) is 0 Å². The average Bonchev–Trinajstić information content (AvgIpc) is 3.32. The lowest BCUT2D eigenvalue weighted by Gasteiger charge is -2.31. The first kappa shape index (κ1) is 16.7. The average molecular weight is 343 g/mol. The monoisotopic (exact) mass is 343 g/mol. The smallest absolute Gasteiger partial charge is 0.123 e. The van der Waals surface area contributed by atoms with Gasteiger partial charge < -0.3 is 4.74 Å². The molecular formula is C20H26FN3O. The lowest BCUT2D eigenvalue weighted by atomic mass is 9.97. The van der Waals surface area contributed by atoms with Gasteiger partial charge in [0, 0.05) is 50.5 Å². The van der Waals surface area contributed by atoms with Gasteiger partial charge >= 0.3 is 0 Å². The Labute approximate surface area is 148 Å². The van der Waals surface area contributed by atoms with Crippen molar-refractivity contribution in [3.63, 3.8) is 0 Å². The van der Waals surface area contributed by atoms with Gasteiger partial charge in [0.25, 0.3) is 0 Å². The van der Waals surface area contributed by atoms with Crippen LogP contribution in [0, 0.1) is 11.7 Å². The molecule has 1 atom stereocenters. The fraction of sp³-hybridized carbons (Fsp3) is 0.550. The van der Waals surface area contributed by atoms with Crippen LogP contribution in [-0.2, 0) is 24.4 Å². The third kappa shape index (κ3) is 4.10. The minimum absolute atomic E-state index is 0.180. The summed E-state index contributed by atoms with van der Waals surface area (Å²) in [5.41, 5.74) is 3.67. The van der Waals surface area contributed by atoms with Crippen molar-refractivity contribution in [2.75, 3.05) is 19.8 Å². The molecule has 4 rings (SSSR count). The predicted octanol–water partition coefficient (Wildman–Crippen LogP) is 3.57. The summed E-state index contributed by atoms with van der Waals surface area (Å²) < 4.78 is 21.0. The first-order valence-electron chi connectivity index (χ1n) is 9.32. The molecule has 1 aliphatic carbocycles. The molecule has 0 saturated heterocycles. The highest BCUT2D eigenvalue weighted by Gasteiger charge is 2.30. The largest absolute Gasteiger partial charge is 0.381 e. The van der Waals surface area contributed by atoms with E-state index in [-0.39, 0.29) is 5.82 Å². The topological polar surface area (TPSA) is 30.3 Å². The van der Waals surface area contributed by atoms with Crippen LogP contribution < -0.4 is 0 Å². The number of fused-ring (bicyclic) bond motifs is 1. The quantitative estimate of drug-likeness (QED) is 0.770. The maximum Gasteiger partial charge on any atom is 0.123 e. The Hall–Kier alpha value is -1.72. The molecule has 0 N–H and O–H groups in total. The van der Waals surface area contributed by atoms with Crippen LogP contribution >= 0.6 is 0 Å². The molecule has 2 aliphatic rings. The molecule has 1 fully saturated rings. The molecule has 0 unspecified atom stereocenters. The van der Waals surface area contributed by atoms with Gasteiger partial charge in [-0.3, -0.25) is 9.58 Å². The van der Waals surface area contributed by atoms with Gasteiger partial charge in [-0.2, -0.15) is 5.10 Å². The van der Waals surface area contributed by atoms with E-state index in [9.17, 15) is 4.39 Å². The van der Waals surface area contributed by atoms with Crippen molar-refractivity contribution in [3.05, 3.63) is 53.1 Å². The first-order chi connectivity index (χ1) is 12.2. The van der Waals surface area contributed by atoms with E-state index in [1.54, 1.807) is 0 Å².